The number of halogens is 2. The van der Waals surface area contributed by atoms with Crippen LogP contribution in [0.15, 0.2) is 12.1 Å². The third kappa shape index (κ3) is 2.44. The summed E-state index contributed by atoms with van der Waals surface area (Å²) in [6, 6.07) is 2.30. The van der Waals surface area contributed by atoms with Crippen LogP contribution in [-0.2, 0) is 21.6 Å². The summed E-state index contributed by atoms with van der Waals surface area (Å²) in [5.74, 6) is -3.42. The van der Waals surface area contributed by atoms with E-state index in [4.69, 9.17) is 9.84 Å². The Labute approximate surface area is 98.0 Å². The molecule has 0 amide bonds. The Morgan fingerprint density at radius 3 is 2.47 bits per heavy atom. The summed E-state index contributed by atoms with van der Waals surface area (Å²) in [6.07, 6.45) is 0. The van der Waals surface area contributed by atoms with Gasteiger partial charge in [-0.05, 0) is 25.5 Å². The Morgan fingerprint density at radius 2 is 2.00 bits per heavy atom. The minimum Gasteiger partial charge on any atom is -0.481 e. The van der Waals surface area contributed by atoms with Crippen LogP contribution >= 0.6 is 0 Å². The Morgan fingerprint density at radius 1 is 1.41 bits per heavy atom. The highest BCUT2D eigenvalue weighted by Crippen LogP contribution is 2.31. The number of methoxy groups -OCH3 is 1. The topological polar surface area (TPSA) is 46.5 Å². The first-order valence-corrected chi connectivity index (χ1v) is 5.02. The lowest BCUT2D eigenvalue weighted by Crippen LogP contribution is -2.31. The van der Waals surface area contributed by atoms with Gasteiger partial charge in [-0.1, -0.05) is 6.07 Å². The van der Waals surface area contributed by atoms with Gasteiger partial charge in [0.25, 0.3) is 0 Å². The summed E-state index contributed by atoms with van der Waals surface area (Å²) in [4.78, 5) is 11.1. The van der Waals surface area contributed by atoms with Gasteiger partial charge in [-0.25, -0.2) is 8.78 Å². The van der Waals surface area contributed by atoms with Gasteiger partial charge in [0, 0.05) is 12.7 Å². The van der Waals surface area contributed by atoms with Gasteiger partial charge >= 0.3 is 5.97 Å². The number of carbonyl (C=O) groups is 1. The van der Waals surface area contributed by atoms with Crippen LogP contribution in [0, 0.1) is 11.6 Å². The molecule has 94 valence electrons. The van der Waals surface area contributed by atoms with Gasteiger partial charge in [0.05, 0.1) is 12.0 Å². The van der Waals surface area contributed by atoms with E-state index in [2.05, 4.69) is 0 Å². The minimum absolute atomic E-state index is 0.0310. The van der Waals surface area contributed by atoms with Gasteiger partial charge in [-0.3, -0.25) is 4.79 Å². The molecule has 0 fully saturated rings. The van der Waals surface area contributed by atoms with Crippen LogP contribution in [0.4, 0.5) is 8.78 Å². The van der Waals surface area contributed by atoms with Crippen molar-refractivity contribution < 1.29 is 23.4 Å². The molecule has 1 N–H and O–H groups in total. The van der Waals surface area contributed by atoms with E-state index in [1.54, 1.807) is 0 Å². The zero-order chi connectivity index (χ0) is 13.2. The highest BCUT2D eigenvalue weighted by molar-refractivity contribution is 5.81. The maximum absolute atomic E-state index is 13.7. The molecule has 0 bridgehead atoms. The molecule has 0 aromatic heterocycles. The molecule has 0 aliphatic heterocycles. The first-order chi connectivity index (χ1) is 7.82. The Balaban J connectivity index is 3.47. The molecular weight excluding hydrogens is 230 g/mol. The SMILES string of the molecule is COCc1ccc(F)c(F)c1C(C)(C)C(=O)O. The number of carboxylic acid groups (broad SMARTS) is 1. The number of ether oxygens (including phenoxy) is 1. The predicted octanol–water partition coefficient (Wildman–Crippen LogP) is 2.47. The third-order valence-electron chi connectivity index (χ3n) is 2.64. The van der Waals surface area contributed by atoms with Crippen LogP contribution in [0.25, 0.3) is 0 Å². The molecule has 1 rings (SSSR count). The van der Waals surface area contributed by atoms with E-state index in [0.29, 0.717) is 5.56 Å². The van der Waals surface area contributed by atoms with E-state index in [9.17, 15) is 13.6 Å². The van der Waals surface area contributed by atoms with Crippen LogP contribution in [0.1, 0.15) is 25.0 Å². The summed E-state index contributed by atoms with van der Waals surface area (Å²) in [6.45, 7) is 2.68. The zero-order valence-electron chi connectivity index (χ0n) is 9.88. The van der Waals surface area contributed by atoms with Gasteiger partial charge in [0.15, 0.2) is 11.6 Å². The van der Waals surface area contributed by atoms with Crippen molar-refractivity contribution in [3.63, 3.8) is 0 Å². The Kier molecular flexibility index (Phi) is 3.83. The Bertz CT molecular complexity index is 442. The van der Waals surface area contributed by atoms with Crippen LogP contribution in [-0.4, -0.2) is 18.2 Å². The highest BCUT2D eigenvalue weighted by Gasteiger charge is 2.35. The second-order valence-electron chi connectivity index (χ2n) is 4.26. The molecule has 0 spiro atoms. The lowest BCUT2D eigenvalue weighted by atomic mass is 9.81. The first-order valence-electron chi connectivity index (χ1n) is 5.02. The van der Waals surface area contributed by atoms with Crippen molar-refractivity contribution in [1.29, 1.82) is 0 Å². The molecule has 1 aromatic carbocycles. The van der Waals surface area contributed by atoms with Crippen molar-refractivity contribution >= 4 is 5.97 Å². The van der Waals surface area contributed by atoms with Crippen LogP contribution in [0.5, 0.6) is 0 Å². The number of aliphatic carboxylic acids is 1. The second-order valence-corrected chi connectivity index (χ2v) is 4.26. The fraction of sp³-hybridized carbons (Fsp3) is 0.417. The maximum atomic E-state index is 13.7. The van der Waals surface area contributed by atoms with E-state index in [1.165, 1.54) is 27.0 Å². The summed E-state index contributed by atoms with van der Waals surface area (Å²) in [7, 11) is 1.40. The van der Waals surface area contributed by atoms with E-state index in [1.807, 2.05) is 0 Å². The normalized spacial score (nSPS) is 11.6. The summed E-state index contributed by atoms with van der Waals surface area (Å²) in [5.41, 5.74) is -1.36. The molecular formula is C12H14F2O3. The molecule has 0 aliphatic rings. The molecule has 1 aromatic rings. The molecule has 0 atom stereocenters. The van der Waals surface area contributed by atoms with Crippen molar-refractivity contribution in [2.75, 3.05) is 7.11 Å². The summed E-state index contributed by atoms with van der Waals surface area (Å²) < 4.78 is 31.8. The fourth-order valence-corrected chi connectivity index (χ4v) is 1.65. The summed E-state index contributed by atoms with van der Waals surface area (Å²) >= 11 is 0. The largest absolute Gasteiger partial charge is 0.481 e. The smallest absolute Gasteiger partial charge is 0.313 e. The molecule has 0 saturated heterocycles. The predicted molar refractivity (Wildman–Crippen MR) is 57.7 cm³/mol. The average molecular weight is 244 g/mol. The van der Waals surface area contributed by atoms with Gasteiger partial charge in [0.1, 0.15) is 0 Å². The zero-order valence-corrected chi connectivity index (χ0v) is 9.88. The molecule has 5 heteroatoms. The van der Waals surface area contributed by atoms with Crippen molar-refractivity contribution in [2.45, 2.75) is 25.9 Å². The van der Waals surface area contributed by atoms with Crippen LogP contribution in [0.2, 0.25) is 0 Å². The summed E-state index contributed by atoms with van der Waals surface area (Å²) in [5, 5.41) is 9.07. The second kappa shape index (κ2) is 4.79. The molecule has 0 radical (unpaired) electrons. The van der Waals surface area contributed by atoms with E-state index in [0.717, 1.165) is 6.07 Å². The fourth-order valence-electron chi connectivity index (χ4n) is 1.65. The van der Waals surface area contributed by atoms with Gasteiger partial charge < -0.3 is 9.84 Å². The lowest BCUT2D eigenvalue weighted by molar-refractivity contribution is -0.142. The van der Waals surface area contributed by atoms with Crippen LogP contribution in [0.3, 0.4) is 0 Å². The van der Waals surface area contributed by atoms with Crippen molar-refractivity contribution in [2.24, 2.45) is 0 Å². The highest BCUT2D eigenvalue weighted by atomic mass is 19.2. The van der Waals surface area contributed by atoms with Gasteiger partial charge in [-0.2, -0.15) is 0 Å². The van der Waals surface area contributed by atoms with E-state index in [-0.39, 0.29) is 12.2 Å². The number of benzene rings is 1. The number of carboxylic acids is 1. The molecule has 3 nitrogen and oxygen atoms in total. The minimum atomic E-state index is -1.51. The van der Waals surface area contributed by atoms with Crippen molar-refractivity contribution in [3.8, 4) is 0 Å². The number of hydrogen-bond donors (Lipinski definition) is 1. The van der Waals surface area contributed by atoms with Gasteiger partial charge in [0.2, 0.25) is 0 Å². The molecule has 0 saturated carbocycles. The molecule has 17 heavy (non-hydrogen) atoms. The molecule has 0 heterocycles. The quantitative estimate of drug-likeness (QED) is 0.885. The van der Waals surface area contributed by atoms with Crippen molar-refractivity contribution in [3.05, 3.63) is 34.9 Å². The Hall–Kier alpha value is -1.49. The maximum Gasteiger partial charge on any atom is 0.313 e. The molecule has 0 unspecified atom stereocenters. The standard InChI is InChI=1S/C12H14F2O3/c1-12(2,11(15)16)9-7(6-17-3)4-5-8(13)10(9)14/h4-5H,6H2,1-3H3,(H,15,16). The van der Waals surface area contributed by atoms with E-state index >= 15 is 0 Å². The van der Waals surface area contributed by atoms with Gasteiger partial charge in [-0.15, -0.1) is 0 Å². The monoisotopic (exact) mass is 244 g/mol. The number of rotatable bonds is 4. The van der Waals surface area contributed by atoms with Crippen LogP contribution < -0.4 is 0 Å². The average Bonchev–Trinajstić information content (AvgIpc) is 2.23. The third-order valence-corrected chi connectivity index (χ3v) is 2.64. The first kappa shape index (κ1) is 13.6. The lowest BCUT2D eigenvalue weighted by Gasteiger charge is -2.23. The number of hydrogen-bond acceptors (Lipinski definition) is 2. The molecule has 0 aliphatic carbocycles. The van der Waals surface area contributed by atoms with Crippen molar-refractivity contribution in [1.82, 2.24) is 0 Å². The van der Waals surface area contributed by atoms with E-state index < -0.39 is 23.0 Å².